The van der Waals surface area contributed by atoms with Crippen LogP contribution in [0.25, 0.3) is 0 Å². The van der Waals surface area contributed by atoms with E-state index in [1.165, 1.54) is 5.56 Å². The Morgan fingerprint density at radius 1 is 1.14 bits per heavy atom. The van der Waals surface area contributed by atoms with Crippen LogP contribution in [0, 0.1) is 19.7 Å². The fraction of sp³-hybridized carbons (Fsp3) is 0.333. The molecular weight excluding hydrogens is 265 g/mol. The first-order valence-electron chi connectivity index (χ1n) is 7.29. The molecule has 112 valence electrons. The zero-order valence-electron chi connectivity index (χ0n) is 12.8. The Hall–Kier alpha value is -1.87. The minimum atomic E-state index is -0.313. The number of hydrogen-bond donors (Lipinski definition) is 1. The van der Waals surface area contributed by atoms with Gasteiger partial charge in [0, 0.05) is 6.04 Å². The number of rotatable bonds is 5. The molecule has 21 heavy (non-hydrogen) atoms. The van der Waals surface area contributed by atoms with Crippen LogP contribution in [-0.2, 0) is 6.42 Å². The van der Waals surface area contributed by atoms with E-state index in [9.17, 15) is 4.39 Å². The molecule has 0 amide bonds. The summed E-state index contributed by atoms with van der Waals surface area (Å²) in [5.74, 6) is 0.588. The molecule has 1 unspecified atom stereocenters. The molecule has 0 aliphatic rings. The van der Waals surface area contributed by atoms with Gasteiger partial charge in [-0.05, 0) is 61.6 Å². The third kappa shape index (κ3) is 3.82. The lowest BCUT2D eigenvalue weighted by Gasteiger charge is -2.13. The fourth-order valence-corrected chi connectivity index (χ4v) is 2.21. The maximum Gasteiger partial charge on any atom is 0.168 e. The first kappa shape index (κ1) is 15.5. The molecule has 0 spiro atoms. The van der Waals surface area contributed by atoms with Gasteiger partial charge in [0.1, 0.15) is 5.75 Å². The van der Waals surface area contributed by atoms with E-state index in [0.29, 0.717) is 11.3 Å². The van der Waals surface area contributed by atoms with Crippen LogP contribution in [0.3, 0.4) is 0 Å². The van der Waals surface area contributed by atoms with Crippen molar-refractivity contribution < 1.29 is 9.13 Å². The number of nitrogens with two attached hydrogens (primary N) is 1. The van der Waals surface area contributed by atoms with Gasteiger partial charge in [0.05, 0.1) is 0 Å². The average Bonchev–Trinajstić information content (AvgIpc) is 2.46. The molecule has 0 bridgehead atoms. The summed E-state index contributed by atoms with van der Waals surface area (Å²) in [7, 11) is 0. The van der Waals surface area contributed by atoms with Crippen molar-refractivity contribution in [1.82, 2.24) is 0 Å². The van der Waals surface area contributed by atoms with Crippen LogP contribution in [0.15, 0.2) is 36.4 Å². The normalized spacial score (nSPS) is 12.2. The van der Waals surface area contributed by atoms with Gasteiger partial charge < -0.3 is 10.5 Å². The number of halogens is 1. The second-order valence-corrected chi connectivity index (χ2v) is 5.45. The molecule has 0 aliphatic heterocycles. The molecule has 0 fully saturated rings. The quantitative estimate of drug-likeness (QED) is 0.877. The van der Waals surface area contributed by atoms with Crippen LogP contribution in [0.4, 0.5) is 4.39 Å². The van der Waals surface area contributed by atoms with Crippen LogP contribution in [-0.4, -0.2) is 6.04 Å². The highest BCUT2D eigenvalue weighted by Gasteiger charge is 2.09. The van der Waals surface area contributed by atoms with E-state index in [1.54, 1.807) is 25.1 Å². The molecule has 0 radical (unpaired) electrons. The van der Waals surface area contributed by atoms with Crippen LogP contribution in [0.5, 0.6) is 11.5 Å². The first-order valence-corrected chi connectivity index (χ1v) is 7.29. The maximum atomic E-state index is 13.9. The second kappa shape index (κ2) is 6.72. The Balaban J connectivity index is 2.18. The minimum absolute atomic E-state index is 0.171. The molecule has 2 aromatic carbocycles. The van der Waals surface area contributed by atoms with Crippen LogP contribution < -0.4 is 10.5 Å². The SMILES string of the molecule is CCC(N)Cc1ccc(Oc2cccc(C)c2F)cc1C. The highest BCUT2D eigenvalue weighted by Crippen LogP contribution is 2.27. The third-order valence-corrected chi connectivity index (χ3v) is 3.70. The predicted octanol–water partition coefficient (Wildman–Crippen LogP) is 4.51. The molecule has 3 heteroatoms. The van der Waals surface area contributed by atoms with Crippen molar-refractivity contribution in [3.63, 3.8) is 0 Å². The molecule has 0 saturated carbocycles. The summed E-state index contributed by atoms with van der Waals surface area (Å²) >= 11 is 0. The molecule has 2 N–H and O–H groups in total. The summed E-state index contributed by atoms with van der Waals surface area (Å²) in [5, 5.41) is 0. The van der Waals surface area contributed by atoms with Gasteiger partial charge in [0.15, 0.2) is 11.6 Å². The lowest BCUT2D eigenvalue weighted by molar-refractivity contribution is 0.439. The Labute approximate surface area is 125 Å². The van der Waals surface area contributed by atoms with Gasteiger partial charge in [0.25, 0.3) is 0 Å². The summed E-state index contributed by atoms with van der Waals surface area (Å²) in [4.78, 5) is 0. The standard InChI is InChI=1S/C18H22FNO/c1-4-15(20)11-14-8-9-16(10-13(14)3)21-17-7-5-6-12(2)18(17)19/h5-10,15H,4,11,20H2,1-3H3. The smallest absolute Gasteiger partial charge is 0.168 e. The number of benzene rings is 2. The monoisotopic (exact) mass is 287 g/mol. The summed E-state index contributed by atoms with van der Waals surface area (Å²) in [5.41, 5.74) is 8.89. The molecule has 0 aromatic heterocycles. The largest absolute Gasteiger partial charge is 0.454 e. The van der Waals surface area contributed by atoms with E-state index in [4.69, 9.17) is 10.5 Å². The topological polar surface area (TPSA) is 35.2 Å². The molecular formula is C18H22FNO. The van der Waals surface area contributed by atoms with Crippen molar-refractivity contribution >= 4 is 0 Å². The Morgan fingerprint density at radius 3 is 2.57 bits per heavy atom. The molecule has 2 nitrogen and oxygen atoms in total. The van der Waals surface area contributed by atoms with Crippen molar-refractivity contribution in [1.29, 1.82) is 0 Å². The fourth-order valence-electron chi connectivity index (χ4n) is 2.21. The Bertz CT molecular complexity index is 625. The van der Waals surface area contributed by atoms with Gasteiger partial charge in [0.2, 0.25) is 0 Å². The average molecular weight is 287 g/mol. The minimum Gasteiger partial charge on any atom is -0.454 e. The van der Waals surface area contributed by atoms with Gasteiger partial charge in [-0.1, -0.05) is 25.1 Å². The van der Waals surface area contributed by atoms with Gasteiger partial charge in [-0.3, -0.25) is 0 Å². The number of hydrogen-bond acceptors (Lipinski definition) is 2. The molecule has 1 atom stereocenters. The number of aryl methyl sites for hydroxylation is 2. The summed E-state index contributed by atoms with van der Waals surface area (Å²) < 4.78 is 19.6. The van der Waals surface area contributed by atoms with Crippen LogP contribution in [0.2, 0.25) is 0 Å². The molecule has 0 aliphatic carbocycles. The zero-order chi connectivity index (χ0) is 15.4. The predicted molar refractivity (Wildman–Crippen MR) is 84.4 cm³/mol. The molecule has 0 saturated heterocycles. The zero-order valence-corrected chi connectivity index (χ0v) is 12.8. The highest BCUT2D eigenvalue weighted by atomic mass is 19.1. The summed E-state index contributed by atoms with van der Waals surface area (Å²) in [6.07, 6.45) is 1.80. The summed E-state index contributed by atoms with van der Waals surface area (Å²) in [6.45, 7) is 5.83. The second-order valence-electron chi connectivity index (χ2n) is 5.45. The van der Waals surface area contributed by atoms with E-state index < -0.39 is 0 Å². The van der Waals surface area contributed by atoms with E-state index in [2.05, 4.69) is 6.92 Å². The third-order valence-electron chi connectivity index (χ3n) is 3.70. The van der Waals surface area contributed by atoms with E-state index in [1.807, 2.05) is 25.1 Å². The first-order chi connectivity index (χ1) is 10.0. The van der Waals surface area contributed by atoms with Crippen LogP contribution >= 0.6 is 0 Å². The van der Waals surface area contributed by atoms with E-state index >= 15 is 0 Å². The molecule has 0 heterocycles. The van der Waals surface area contributed by atoms with Crippen molar-refractivity contribution in [2.75, 3.05) is 0 Å². The Kier molecular flexibility index (Phi) is 4.97. The van der Waals surface area contributed by atoms with Gasteiger partial charge >= 0.3 is 0 Å². The van der Waals surface area contributed by atoms with Crippen molar-refractivity contribution in [3.8, 4) is 11.5 Å². The van der Waals surface area contributed by atoms with Crippen molar-refractivity contribution in [2.45, 2.75) is 39.7 Å². The van der Waals surface area contributed by atoms with Crippen molar-refractivity contribution in [3.05, 3.63) is 58.9 Å². The molecule has 2 rings (SSSR count). The highest BCUT2D eigenvalue weighted by molar-refractivity contribution is 5.39. The maximum absolute atomic E-state index is 13.9. The van der Waals surface area contributed by atoms with Gasteiger partial charge in [-0.2, -0.15) is 0 Å². The van der Waals surface area contributed by atoms with Crippen LogP contribution in [0.1, 0.15) is 30.0 Å². The lowest BCUT2D eigenvalue weighted by atomic mass is 10.00. The summed E-state index contributed by atoms with van der Waals surface area (Å²) in [6, 6.07) is 11.1. The van der Waals surface area contributed by atoms with Gasteiger partial charge in [-0.15, -0.1) is 0 Å². The van der Waals surface area contributed by atoms with Crippen molar-refractivity contribution in [2.24, 2.45) is 5.73 Å². The lowest BCUT2D eigenvalue weighted by Crippen LogP contribution is -2.21. The Morgan fingerprint density at radius 2 is 1.90 bits per heavy atom. The van der Waals surface area contributed by atoms with E-state index in [-0.39, 0.29) is 17.6 Å². The van der Waals surface area contributed by atoms with Gasteiger partial charge in [-0.25, -0.2) is 4.39 Å². The molecule has 2 aromatic rings. The number of ether oxygens (including phenoxy) is 1. The van der Waals surface area contributed by atoms with E-state index in [0.717, 1.165) is 18.4 Å².